The van der Waals surface area contributed by atoms with Crippen molar-refractivity contribution >= 4 is 39.3 Å². The fourth-order valence-electron chi connectivity index (χ4n) is 3.04. The highest BCUT2D eigenvalue weighted by molar-refractivity contribution is 6.32. The van der Waals surface area contributed by atoms with Crippen LogP contribution in [0.3, 0.4) is 0 Å². The van der Waals surface area contributed by atoms with Crippen molar-refractivity contribution in [3.8, 4) is 0 Å². The molecule has 0 unspecified atom stereocenters. The van der Waals surface area contributed by atoms with Crippen molar-refractivity contribution in [3.63, 3.8) is 0 Å². The van der Waals surface area contributed by atoms with Crippen molar-refractivity contribution in [2.75, 3.05) is 0 Å². The number of nitrogens with zero attached hydrogens (tertiary/aromatic N) is 1. The third-order valence-electron chi connectivity index (χ3n) is 4.11. The number of fused-ring (bicyclic) bond motifs is 3. The van der Waals surface area contributed by atoms with Crippen LogP contribution in [0.25, 0.3) is 21.8 Å². The van der Waals surface area contributed by atoms with Gasteiger partial charge in [-0.05, 0) is 17.7 Å². The van der Waals surface area contributed by atoms with Crippen LogP contribution in [0.1, 0.15) is 15.7 Å². The molecule has 0 aliphatic carbocycles. The molecule has 2 nitrogen and oxygen atoms in total. The first-order chi connectivity index (χ1) is 11.3. The van der Waals surface area contributed by atoms with E-state index in [1.165, 1.54) is 0 Å². The Hall–Kier alpha value is -2.58. The number of alkyl halides is 1. The van der Waals surface area contributed by atoms with Gasteiger partial charge in [0.05, 0.1) is 11.0 Å². The summed E-state index contributed by atoms with van der Waals surface area (Å²) in [6, 6.07) is 25.3. The number of carbonyl (C=O) groups excluding carboxylic acids is 1. The van der Waals surface area contributed by atoms with E-state index in [-0.39, 0.29) is 5.91 Å². The first-order valence-corrected chi connectivity index (χ1v) is 7.92. The predicted molar refractivity (Wildman–Crippen MR) is 95.1 cm³/mol. The molecule has 0 spiro atoms. The highest BCUT2D eigenvalue weighted by Gasteiger charge is 2.23. The third kappa shape index (κ3) is 2.23. The normalized spacial score (nSPS) is 12.6. The molecule has 3 aromatic carbocycles. The Morgan fingerprint density at radius 2 is 1.22 bits per heavy atom. The quantitative estimate of drug-likeness (QED) is 0.452. The van der Waals surface area contributed by atoms with Crippen LogP contribution in [0.4, 0.5) is 0 Å². The second-order valence-corrected chi connectivity index (χ2v) is 5.92. The molecule has 1 atom stereocenters. The lowest BCUT2D eigenvalue weighted by Gasteiger charge is -2.12. The Morgan fingerprint density at radius 1 is 0.739 bits per heavy atom. The summed E-state index contributed by atoms with van der Waals surface area (Å²) in [7, 11) is 0. The maximum absolute atomic E-state index is 13.1. The zero-order valence-corrected chi connectivity index (χ0v) is 13.1. The van der Waals surface area contributed by atoms with Gasteiger partial charge in [0, 0.05) is 10.8 Å². The Morgan fingerprint density at radius 3 is 1.78 bits per heavy atom. The molecule has 4 aromatic rings. The zero-order chi connectivity index (χ0) is 15.8. The minimum absolute atomic E-state index is 0.129. The maximum atomic E-state index is 13.1. The lowest BCUT2D eigenvalue weighted by molar-refractivity contribution is 0.0918. The molecule has 0 N–H and O–H groups in total. The van der Waals surface area contributed by atoms with Crippen molar-refractivity contribution in [2.45, 2.75) is 5.38 Å². The van der Waals surface area contributed by atoms with Gasteiger partial charge in [-0.25, -0.2) is 0 Å². The molecular formula is C20H14ClNO. The third-order valence-corrected chi connectivity index (χ3v) is 4.55. The van der Waals surface area contributed by atoms with Crippen LogP contribution in [0.2, 0.25) is 0 Å². The number of para-hydroxylation sites is 2. The van der Waals surface area contributed by atoms with Crippen LogP contribution < -0.4 is 0 Å². The number of hydrogen-bond donors (Lipinski definition) is 0. The van der Waals surface area contributed by atoms with E-state index in [4.69, 9.17) is 11.6 Å². The van der Waals surface area contributed by atoms with Crippen LogP contribution in [-0.4, -0.2) is 10.5 Å². The number of halogens is 1. The molecule has 0 fully saturated rings. The molecule has 3 heteroatoms. The molecular weight excluding hydrogens is 306 g/mol. The summed E-state index contributed by atoms with van der Waals surface area (Å²) in [6.07, 6.45) is 0. The van der Waals surface area contributed by atoms with Crippen molar-refractivity contribution in [3.05, 3.63) is 84.4 Å². The Balaban J connectivity index is 1.95. The minimum Gasteiger partial charge on any atom is -0.278 e. The molecule has 0 saturated carbocycles. The van der Waals surface area contributed by atoms with E-state index in [0.29, 0.717) is 0 Å². The number of benzene rings is 3. The lowest BCUT2D eigenvalue weighted by Crippen LogP contribution is -2.16. The van der Waals surface area contributed by atoms with Gasteiger partial charge in [0.25, 0.3) is 5.91 Å². The Bertz CT molecular complexity index is 951. The average molecular weight is 320 g/mol. The van der Waals surface area contributed by atoms with E-state index >= 15 is 0 Å². The maximum Gasteiger partial charge on any atom is 0.254 e. The van der Waals surface area contributed by atoms with E-state index in [0.717, 1.165) is 27.4 Å². The van der Waals surface area contributed by atoms with Crippen LogP contribution in [0, 0.1) is 0 Å². The molecule has 1 aromatic heterocycles. The van der Waals surface area contributed by atoms with Gasteiger partial charge in [0.1, 0.15) is 5.38 Å². The largest absolute Gasteiger partial charge is 0.278 e. The summed E-state index contributed by atoms with van der Waals surface area (Å²) in [5, 5.41) is 1.41. The number of carbonyl (C=O) groups is 1. The minimum atomic E-state index is -0.713. The molecule has 0 amide bonds. The smallest absolute Gasteiger partial charge is 0.254 e. The van der Waals surface area contributed by atoms with E-state index in [9.17, 15) is 4.79 Å². The lowest BCUT2D eigenvalue weighted by atomic mass is 10.1. The highest BCUT2D eigenvalue weighted by atomic mass is 35.5. The standard InChI is InChI=1S/C20H14ClNO/c21-19(14-8-2-1-3-9-14)20(23)22-17-12-6-4-10-15(17)16-11-5-7-13-18(16)22/h1-13,19H/t19-/m1/s1. The van der Waals surface area contributed by atoms with Gasteiger partial charge < -0.3 is 0 Å². The number of hydrogen-bond acceptors (Lipinski definition) is 1. The zero-order valence-electron chi connectivity index (χ0n) is 12.3. The fourth-order valence-corrected chi connectivity index (χ4v) is 3.28. The van der Waals surface area contributed by atoms with E-state index in [2.05, 4.69) is 0 Å². The molecule has 0 saturated heterocycles. The van der Waals surface area contributed by atoms with Gasteiger partial charge in [0.2, 0.25) is 0 Å². The summed E-state index contributed by atoms with van der Waals surface area (Å²) < 4.78 is 1.73. The van der Waals surface area contributed by atoms with E-state index in [1.54, 1.807) is 4.57 Å². The van der Waals surface area contributed by atoms with Crippen LogP contribution in [0.5, 0.6) is 0 Å². The molecule has 4 rings (SSSR count). The Kier molecular flexibility index (Phi) is 3.40. The average Bonchev–Trinajstić information content (AvgIpc) is 2.96. The summed E-state index contributed by atoms with van der Waals surface area (Å²) >= 11 is 6.48. The molecule has 1 heterocycles. The van der Waals surface area contributed by atoms with Crippen LogP contribution >= 0.6 is 11.6 Å². The van der Waals surface area contributed by atoms with Crippen molar-refractivity contribution in [1.29, 1.82) is 0 Å². The number of rotatable bonds is 2. The monoisotopic (exact) mass is 319 g/mol. The van der Waals surface area contributed by atoms with Crippen molar-refractivity contribution in [2.24, 2.45) is 0 Å². The summed E-state index contributed by atoms with van der Waals surface area (Å²) in [4.78, 5) is 13.1. The summed E-state index contributed by atoms with van der Waals surface area (Å²) in [5.41, 5.74) is 2.58. The molecule has 0 aliphatic rings. The topological polar surface area (TPSA) is 22.0 Å². The van der Waals surface area contributed by atoms with Gasteiger partial charge in [-0.2, -0.15) is 0 Å². The number of aromatic nitrogens is 1. The second kappa shape index (κ2) is 5.56. The van der Waals surface area contributed by atoms with Gasteiger partial charge in [-0.3, -0.25) is 9.36 Å². The molecule has 23 heavy (non-hydrogen) atoms. The van der Waals surface area contributed by atoms with Crippen LogP contribution in [-0.2, 0) is 0 Å². The van der Waals surface area contributed by atoms with Crippen LogP contribution in [0.15, 0.2) is 78.9 Å². The van der Waals surface area contributed by atoms with Gasteiger partial charge >= 0.3 is 0 Å². The molecule has 0 aliphatic heterocycles. The van der Waals surface area contributed by atoms with Gasteiger partial charge in [-0.1, -0.05) is 66.7 Å². The molecule has 0 bridgehead atoms. The molecule has 112 valence electrons. The Labute approximate surface area is 138 Å². The van der Waals surface area contributed by atoms with Crippen molar-refractivity contribution < 1.29 is 4.79 Å². The highest BCUT2D eigenvalue weighted by Crippen LogP contribution is 2.32. The first-order valence-electron chi connectivity index (χ1n) is 7.49. The van der Waals surface area contributed by atoms with E-state index < -0.39 is 5.38 Å². The van der Waals surface area contributed by atoms with Crippen molar-refractivity contribution in [1.82, 2.24) is 4.57 Å². The first kappa shape index (κ1) is 14.0. The van der Waals surface area contributed by atoms with E-state index in [1.807, 2.05) is 78.9 Å². The second-order valence-electron chi connectivity index (χ2n) is 5.48. The predicted octanol–water partition coefficient (Wildman–Crippen LogP) is 5.41. The summed E-state index contributed by atoms with van der Waals surface area (Å²) in [5.74, 6) is -0.129. The molecule has 0 radical (unpaired) electrons. The summed E-state index contributed by atoms with van der Waals surface area (Å²) in [6.45, 7) is 0. The SMILES string of the molecule is O=C([C@H](Cl)c1ccccc1)n1c2ccccc2c2ccccc21. The van der Waals surface area contributed by atoms with Gasteiger partial charge in [-0.15, -0.1) is 11.6 Å². The van der Waals surface area contributed by atoms with Gasteiger partial charge in [0.15, 0.2) is 0 Å². The fraction of sp³-hybridized carbons (Fsp3) is 0.0500.